The summed E-state index contributed by atoms with van der Waals surface area (Å²) in [6.45, 7) is 7.65. The minimum atomic E-state index is -1.02. The average Bonchev–Trinajstić information content (AvgIpc) is 1.02. The number of unbranched alkanes of at least 4 members (excludes halogenated alkanes) is 14. The van der Waals surface area contributed by atoms with E-state index in [-0.39, 0.29) is 32.3 Å². The molecule has 6 aromatic carbocycles. The highest BCUT2D eigenvalue weighted by Crippen LogP contribution is 2.33. The van der Waals surface area contributed by atoms with Crippen LogP contribution < -0.4 is 5.32 Å². The number of hydrogen-bond donors (Lipinski definition) is 1. The molecule has 2 aliphatic heterocycles. The minimum Gasteiger partial charge on any atom is -0.381 e. The predicted octanol–water partition coefficient (Wildman–Crippen LogP) is 17.6. The summed E-state index contributed by atoms with van der Waals surface area (Å²) in [4.78, 5) is 14.8. The molecule has 0 aromatic heterocycles. The van der Waals surface area contributed by atoms with Crippen molar-refractivity contribution in [2.45, 2.75) is 237 Å². The third-order valence-corrected chi connectivity index (χ3v) is 18.0. The van der Waals surface area contributed by atoms with Crippen LogP contribution in [-0.2, 0) is 91.8 Å². The zero-order chi connectivity index (χ0) is 64.3. The second kappa shape index (κ2) is 45.7. The van der Waals surface area contributed by atoms with Crippen LogP contribution in [0.3, 0.4) is 0 Å². The molecule has 93 heavy (non-hydrogen) atoms. The molecule has 0 bridgehead atoms. The maximum absolute atomic E-state index is 14.8. The number of amides is 1. The molecular formula is C81H111NO11. The van der Waals surface area contributed by atoms with Gasteiger partial charge >= 0.3 is 0 Å². The summed E-state index contributed by atoms with van der Waals surface area (Å²) in [5, 5.41) is 3.53. The number of rotatable bonds is 49. The van der Waals surface area contributed by atoms with Gasteiger partial charge in [0.25, 0.3) is 0 Å². The standard InChI is InChI=1S/C81H111NO11/c1-2-3-4-5-6-7-8-9-10-11-12-33-50-74(87-59-68-39-23-16-24-40-68)77(88-60-69-41-25-17-26-42-69)73(82-76(83)51-34-13-14-35-54-84-55-36-49-66-52-56-85-57-53-66)64-92-81-80(91-63-72-47-31-20-32-48-72)79(90-62-71-45-29-19-30-46-71)78(89-61-70-43-27-18-28-44-70)75(93-81)65-86-58-67-37-21-15-22-38-67/h15-32,37-48,66,73-75,77-81H,2-14,33-36,49-65H2,1H3,(H,82,83)/t73-,74+,75+,77-,78-,79-,80+,81-/m0/s1. The first-order chi connectivity index (χ1) is 46.1. The third-order valence-electron chi connectivity index (χ3n) is 18.0. The lowest BCUT2D eigenvalue weighted by atomic mass is 9.95. The van der Waals surface area contributed by atoms with Crippen molar-refractivity contribution < 1.29 is 52.2 Å². The molecule has 506 valence electrons. The van der Waals surface area contributed by atoms with E-state index >= 15 is 0 Å². The van der Waals surface area contributed by atoms with Crippen LogP contribution in [0, 0.1) is 5.92 Å². The Morgan fingerprint density at radius 3 is 1.43 bits per heavy atom. The lowest BCUT2D eigenvalue weighted by Crippen LogP contribution is -2.62. The number of hydrogen-bond acceptors (Lipinski definition) is 11. The fourth-order valence-corrected chi connectivity index (χ4v) is 12.6. The first-order valence-electron chi connectivity index (χ1n) is 35.7. The van der Waals surface area contributed by atoms with Gasteiger partial charge in [0.2, 0.25) is 5.91 Å². The van der Waals surface area contributed by atoms with Gasteiger partial charge in [0.05, 0.1) is 65.0 Å². The molecule has 8 rings (SSSR count). The summed E-state index contributed by atoms with van der Waals surface area (Å²) in [5.41, 5.74) is 6.12. The van der Waals surface area contributed by atoms with E-state index < -0.39 is 49.0 Å². The molecule has 12 nitrogen and oxygen atoms in total. The Labute approximate surface area is 558 Å². The van der Waals surface area contributed by atoms with Gasteiger partial charge in [0, 0.05) is 32.8 Å². The van der Waals surface area contributed by atoms with Crippen LogP contribution in [0.1, 0.15) is 182 Å². The number of ether oxygens (including phenoxy) is 10. The molecule has 8 atom stereocenters. The summed E-state index contributed by atoms with van der Waals surface area (Å²) in [7, 11) is 0. The smallest absolute Gasteiger partial charge is 0.220 e. The van der Waals surface area contributed by atoms with Gasteiger partial charge < -0.3 is 52.7 Å². The van der Waals surface area contributed by atoms with Crippen LogP contribution in [-0.4, -0.2) is 94.5 Å². The van der Waals surface area contributed by atoms with Crippen LogP contribution in [0.25, 0.3) is 0 Å². The van der Waals surface area contributed by atoms with E-state index in [2.05, 4.69) is 97.2 Å². The van der Waals surface area contributed by atoms with Crippen molar-refractivity contribution in [1.82, 2.24) is 5.32 Å². The lowest BCUT2D eigenvalue weighted by Gasteiger charge is -2.46. The quantitative estimate of drug-likeness (QED) is 0.0368. The Balaban J connectivity index is 1.07. The normalized spacial score (nSPS) is 18.7. The molecule has 0 radical (unpaired) electrons. The fraction of sp³-hybridized carbons (Fsp3) is 0.543. The van der Waals surface area contributed by atoms with E-state index in [0.29, 0.717) is 32.8 Å². The van der Waals surface area contributed by atoms with E-state index in [0.717, 1.165) is 136 Å². The Bertz CT molecular complexity index is 2760. The molecule has 2 saturated heterocycles. The van der Waals surface area contributed by atoms with Crippen LogP contribution in [0.4, 0.5) is 0 Å². The van der Waals surface area contributed by atoms with Gasteiger partial charge in [-0.3, -0.25) is 4.79 Å². The highest BCUT2D eigenvalue weighted by molar-refractivity contribution is 5.76. The molecule has 0 aliphatic carbocycles. The summed E-state index contributed by atoms with van der Waals surface area (Å²) in [6.07, 6.45) is 19.3. The van der Waals surface area contributed by atoms with Crippen molar-refractivity contribution in [2.75, 3.05) is 39.6 Å². The molecule has 0 unspecified atom stereocenters. The summed E-state index contributed by atoms with van der Waals surface area (Å²) in [5.74, 6) is 0.687. The van der Waals surface area contributed by atoms with Gasteiger partial charge in [-0.05, 0) is 84.2 Å². The molecule has 2 fully saturated rings. The summed E-state index contributed by atoms with van der Waals surface area (Å²) >= 11 is 0. The third kappa shape index (κ3) is 29.1. The Morgan fingerprint density at radius 2 is 0.892 bits per heavy atom. The van der Waals surface area contributed by atoms with Crippen LogP contribution in [0.2, 0.25) is 0 Å². The number of carbonyl (C=O) groups is 1. The number of benzene rings is 6. The molecule has 12 heteroatoms. The van der Waals surface area contributed by atoms with Crippen molar-refractivity contribution in [3.63, 3.8) is 0 Å². The molecule has 1 amide bonds. The Kier molecular flexibility index (Phi) is 36.0. The SMILES string of the molecule is CCCCCCCCCCCCCC[C@@H](OCc1ccccc1)[C@@H](OCc1ccccc1)[C@H](CO[C@H]1O[C@H](COCc2ccccc2)[C@H](OCc2ccccc2)[C@H](OCc2ccccc2)[C@H]1OCc1ccccc1)NC(=O)CCCCCCOCCCC1CCOCC1. The molecule has 0 saturated carbocycles. The topological polar surface area (TPSA) is 121 Å². The number of nitrogens with one attached hydrogen (secondary N) is 1. The van der Waals surface area contributed by atoms with Crippen molar-refractivity contribution in [3.05, 3.63) is 215 Å². The predicted molar refractivity (Wildman–Crippen MR) is 370 cm³/mol. The monoisotopic (exact) mass is 1270 g/mol. The molecular weight excluding hydrogens is 1160 g/mol. The summed E-state index contributed by atoms with van der Waals surface area (Å²) < 4.78 is 68.5. The second-order valence-corrected chi connectivity index (χ2v) is 25.6. The van der Waals surface area contributed by atoms with Gasteiger partial charge in [0.15, 0.2) is 6.29 Å². The highest BCUT2D eigenvalue weighted by atomic mass is 16.7. The van der Waals surface area contributed by atoms with Gasteiger partial charge in [0.1, 0.15) is 30.5 Å². The van der Waals surface area contributed by atoms with Crippen molar-refractivity contribution >= 4 is 5.91 Å². The van der Waals surface area contributed by atoms with Crippen LogP contribution in [0.5, 0.6) is 0 Å². The van der Waals surface area contributed by atoms with Crippen molar-refractivity contribution in [1.29, 1.82) is 0 Å². The molecule has 1 N–H and O–H groups in total. The zero-order valence-electron chi connectivity index (χ0n) is 56.0. The van der Waals surface area contributed by atoms with Gasteiger partial charge in [-0.2, -0.15) is 0 Å². The van der Waals surface area contributed by atoms with E-state index in [9.17, 15) is 4.79 Å². The summed E-state index contributed by atoms with van der Waals surface area (Å²) in [6, 6.07) is 60.6. The van der Waals surface area contributed by atoms with Crippen molar-refractivity contribution in [2.24, 2.45) is 5.92 Å². The zero-order valence-corrected chi connectivity index (χ0v) is 56.0. The average molecular weight is 1270 g/mol. The van der Waals surface area contributed by atoms with Crippen LogP contribution >= 0.6 is 0 Å². The molecule has 0 spiro atoms. The van der Waals surface area contributed by atoms with E-state index in [1.807, 2.05) is 97.1 Å². The minimum absolute atomic E-state index is 0.00903. The van der Waals surface area contributed by atoms with E-state index in [1.165, 1.54) is 64.2 Å². The Morgan fingerprint density at radius 1 is 0.452 bits per heavy atom. The second-order valence-electron chi connectivity index (χ2n) is 25.6. The lowest BCUT2D eigenvalue weighted by molar-refractivity contribution is -0.330. The maximum Gasteiger partial charge on any atom is 0.220 e. The van der Waals surface area contributed by atoms with Crippen molar-refractivity contribution in [3.8, 4) is 0 Å². The molecule has 2 heterocycles. The van der Waals surface area contributed by atoms with Gasteiger partial charge in [-0.15, -0.1) is 0 Å². The highest BCUT2D eigenvalue weighted by Gasteiger charge is 2.50. The van der Waals surface area contributed by atoms with E-state index in [4.69, 9.17) is 47.4 Å². The molecule has 6 aromatic rings. The first-order valence-corrected chi connectivity index (χ1v) is 35.7. The van der Waals surface area contributed by atoms with Crippen LogP contribution in [0.15, 0.2) is 182 Å². The largest absolute Gasteiger partial charge is 0.381 e. The Hall–Kier alpha value is -5.61. The van der Waals surface area contributed by atoms with Gasteiger partial charge in [-0.25, -0.2) is 0 Å². The van der Waals surface area contributed by atoms with Gasteiger partial charge in [-0.1, -0.05) is 279 Å². The van der Waals surface area contributed by atoms with E-state index in [1.54, 1.807) is 0 Å². The molecule has 2 aliphatic rings. The fourth-order valence-electron chi connectivity index (χ4n) is 12.6. The maximum atomic E-state index is 14.8. The first kappa shape index (κ1) is 73.2. The number of carbonyl (C=O) groups excluding carboxylic acids is 1.